The molecule has 2 heterocycles. The number of aliphatic hydroxyl groups is 1. The Morgan fingerprint density at radius 3 is 2.67 bits per heavy atom. The highest BCUT2D eigenvalue weighted by atomic mass is 16.5. The van der Waals surface area contributed by atoms with Gasteiger partial charge in [-0.3, -0.25) is 5.32 Å². The van der Waals surface area contributed by atoms with Crippen LogP contribution >= 0.6 is 0 Å². The molecule has 9 unspecified atom stereocenters. The first-order chi connectivity index (χ1) is 14.3. The van der Waals surface area contributed by atoms with E-state index in [0.717, 1.165) is 49.0 Å². The second-order valence-electron chi connectivity index (χ2n) is 12.8. The summed E-state index contributed by atoms with van der Waals surface area (Å²) in [5, 5.41) is 14.1. The molecule has 0 aromatic heterocycles. The lowest BCUT2D eigenvalue weighted by Gasteiger charge is -2.58. The summed E-state index contributed by atoms with van der Waals surface area (Å²) in [5.74, 6) is 4.58. The van der Waals surface area contributed by atoms with E-state index < -0.39 is 0 Å². The molecule has 6 rings (SSSR count). The van der Waals surface area contributed by atoms with E-state index in [-0.39, 0.29) is 11.8 Å². The van der Waals surface area contributed by atoms with Crippen molar-refractivity contribution in [1.82, 2.24) is 5.32 Å². The lowest BCUT2D eigenvalue weighted by atomic mass is 9.47. The van der Waals surface area contributed by atoms with Gasteiger partial charge in [-0.05, 0) is 98.2 Å². The Morgan fingerprint density at radius 2 is 1.90 bits per heavy atom. The van der Waals surface area contributed by atoms with Crippen molar-refractivity contribution in [3.05, 3.63) is 11.6 Å². The van der Waals surface area contributed by atoms with Crippen molar-refractivity contribution in [2.45, 2.75) is 103 Å². The predicted molar refractivity (Wildman–Crippen MR) is 120 cm³/mol. The fourth-order valence-corrected chi connectivity index (χ4v) is 9.84. The number of hydrogen-bond donors (Lipinski definition) is 2. The highest BCUT2D eigenvalue weighted by molar-refractivity contribution is 5.26. The largest absolute Gasteiger partial charge is 0.393 e. The highest BCUT2D eigenvalue weighted by Crippen LogP contribution is 2.70. The average molecular weight is 414 g/mol. The van der Waals surface area contributed by atoms with Gasteiger partial charge in [-0.2, -0.15) is 0 Å². The minimum Gasteiger partial charge on any atom is -0.393 e. The van der Waals surface area contributed by atoms with Crippen molar-refractivity contribution >= 4 is 0 Å². The number of hydrogen-bond acceptors (Lipinski definition) is 3. The summed E-state index contributed by atoms with van der Waals surface area (Å²) in [6.45, 7) is 11.2. The van der Waals surface area contributed by atoms with Crippen molar-refractivity contribution in [3.8, 4) is 0 Å². The van der Waals surface area contributed by atoms with Crippen molar-refractivity contribution in [3.63, 3.8) is 0 Å². The van der Waals surface area contributed by atoms with E-state index in [1.54, 1.807) is 5.57 Å². The van der Waals surface area contributed by atoms with Crippen LogP contribution in [0.15, 0.2) is 11.6 Å². The molecular weight excluding hydrogens is 370 g/mol. The number of ether oxygens (including phenoxy) is 1. The predicted octanol–water partition coefficient (Wildman–Crippen LogP) is 5.29. The monoisotopic (exact) mass is 413 g/mol. The molecule has 0 radical (unpaired) electrons. The number of fused-ring (bicyclic) bond motifs is 7. The number of nitrogens with one attached hydrogen (secondary N) is 1. The first-order valence-corrected chi connectivity index (χ1v) is 13.1. The maximum absolute atomic E-state index is 10.3. The van der Waals surface area contributed by atoms with Gasteiger partial charge < -0.3 is 9.84 Å². The Bertz CT molecular complexity index is 739. The van der Waals surface area contributed by atoms with Crippen molar-refractivity contribution in [2.24, 2.45) is 46.3 Å². The number of rotatable bonds is 0. The number of allylic oxidation sites excluding steroid dienone is 1. The molecule has 4 aliphatic carbocycles. The topological polar surface area (TPSA) is 41.5 Å². The van der Waals surface area contributed by atoms with Crippen LogP contribution < -0.4 is 5.32 Å². The fraction of sp³-hybridized carbons (Fsp3) is 0.926. The zero-order valence-electron chi connectivity index (χ0n) is 19.6. The Balaban J connectivity index is 1.28. The van der Waals surface area contributed by atoms with Crippen molar-refractivity contribution < 1.29 is 9.84 Å². The highest BCUT2D eigenvalue weighted by Gasteiger charge is 2.68. The molecule has 2 saturated heterocycles. The second-order valence-corrected chi connectivity index (χ2v) is 12.8. The standard InChI is InChI=1S/C27H43NO2/c1-16-7-12-27(28-15-16)17(2)24-23(30-27)14-22-20-6-5-18-13-19(29)8-10-25(18,3)21(20)9-11-26(22,24)4/h5,16-17,19-24,28-29H,6-15H2,1-4H3/t16-,17?,19?,20?,21?,22+,23?,24?,25?,26?,27?/m1/s1. The molecule has 0 bridgehead atoms. The zero-order chi connectivity index (χ0) is 20.9. The van der Waals surface area contributed by atoms with Crippen molar-refractivity contribution in [1.29, 1.82) is 0 Å². The first kappa shape index (κ1) is 20.2. The van der Waals surface area contributed by atoms with Gasteiger partial charge in [-0.15, -0.1) is 0 Å². The van der Waals surface area contributed by atoms with Crippen LogP contribution in [-0.4, -0.2) is 29.6 Å². The van der Waals surface area contributed by atoms with Crippen LogP contribution in [0, 0.1) is 46.3 Å². The molecule has 3 saturated carbocycles. The van der Waals surface area contributed by atoms with Crippen LogP contribution in [0.2, 0.25) is 0 Å². The van der Waals surface area contributed by atoms with Crippen LogP contribution in [0.4, 0.5) is 0 Å². The smallest absolute Gasteiger partial charge is 0.122 e. The summed E-state index contributed by atoms with van der Waals surface area (Å²) < 4.78 is 7.00. The van der Waals surface area contributed by atoms with E-state index in [1.807, 2.05) is 0 Å². The maximum Gasteiger partial charge on any atom is 0.122 e. The average Bonchev–Trinajstić information content (AvgIpc) is 3.16. The van der Waals surface area contributed by atoms with Gasteiger partial charge >= 0.3 is 0 Å². The molecule has 6 aliphatic rings. The van der Waals surface area contributed by atoms with Gasteiger partial charge in [0.1, 0.15) is 5.72 Å². The van der Waals surface area contributed by atoms with E-state index >= 15 is 0 Å². The molecule has 2 N–H and O–H groups in total. The summed E-state index contributed by atoms with van der Waals surface area (Å²) in [6.07, 6.45) is 13.8. The molecule has 2 aliphatic heterocycles. The molecule has 3 heteroatoms. The Kier molecular flexibility index (Phi) is 4.44. The summed E-state index contributed by atoms with van der Waals surface area (Å²) in [7, 11) is 0. The molecule has 11 atom stereocenters. The van der Waals surface area contributed by atoms with Gasteiger partial charge in [0.25, 0.3) is 0 Å². The van der Waals surface area contributed by atoms with Gasteiger partial charge in [0.05, 0.1) is 12.2 Å². The Morgan fingerprint density at radius 1 is 1.07 bits per heavy atom. The third kappa shape index (κ3) is 2.55. The zero-order valence-corrected chi connectivity index (χ0v) is 19.6. The van der Waals surface area contributed by atoms with Crippen LogP contribution in [0.5, 0.6) is 0 Å². The second kappa shape index (κ2) is 6.58. The lowest BCUT2D eigenvalue weighted by Crippen LogP contribution is -2.57. The SMILES string of the molecule is CC1C2C(C[C@H]3C4CC=C5CC(O)CCC5(C)C4CCC23C)OC12CC[C@@H](C)CN2. The van der Waals surface area contributed by atoms with Gasteiger partial charge in [0.15, 0.2) is 0 Å². The van der Waals surface area contributed by atoms with E-state index in [0.29, 0.717) is 22.9 Å². The maximum atomic E-state index is 10.3. The van der Waals surface area contributed by atoms with E-state index in [1.165, 1.54) is 44.9 Å². The molecule has 0 aromatic rings. The first-order valence-electron chi connectivity index (χ1n) is 13.1. The van der Waals surface area contributed by atoms with E-state index in [9.17, 15) is 5.11 Å². The van der Waals surface area contributed by atoms with Crippen LogP contribution in [-0.2, 0) is 4.74 Å². The number of piperidine rings is 1. The van der Waals surface area contributed by atoms with E-state index in [2.05, 4.69) is 39.1 Å². The molecule has 0 amide bonds. The lowest BCUT2D eigenvalue weighted by molar-refractivity contribution is -0.115. The Hall–Kier alpha value is -0.380. The summed E-state index contributed by atoms with van der Waals surface area (Å²) in [6, 6.07) is 0. The van der Waals surface area contributed by atoms with Crippen LogP contribution in [0.25, 0.3) is 0 Å². The summed E-state index contributed by atoms with van der Waals surface area (Å²) in [4.78, 5) is 0. The van der Waals surface area contributed by atoms with Gasteiger partial charge in [-0.25, -0.2) is 0 Å². The van der Waals surface area contributed by atoms with Crippen LogP contribution in [0.3, 0.4) is 0 Å². The van der Waals surface area contributed by atoms with Crippen LogP contribution in [0.1, 0.15) is 85.5 Å². The molecule has 1 spiro atoms. The number of aliphatic hydroxyl groups excluding tert-OH is 1. The Labute approximate surface area is 183 Å². The van der Waals surface area contributed by atoms with Gasteiger partial charge in [0, 0.05) is 12.5 Å². The summed E-state index contributed by atoms with van der Waals surface area (Å²) >= 11 is 0. The van der Waals surface area contributed by atoms with E-state index in [4.69, 9.17) is 4.74 Å². The summed E-state index contributed by atoms with van der Waals surface area (Å²) in [5.41, 5.74) is 2.33. The van der Waals surface area contributed by atoms with Gasteiger partial charge in [0.2, 0.25) is 0 Å². The van der Waals surface area contributed by atoms with Crippen molar-refractivity contribution in [2.75, 3.05) is 6.54 Å². The molecule has 168 valence electrons. The molecular formula is C27H43NO2. The molecule has 3 nitrogen and oxygen atoms in total. The quantitative estimate of drug-likeness (QED) is 0.530. The fourth-order valence-electron chi connectivity index (χ4n) is 9.84. The molecule has 30 heavy (non-hydrogen) atoms. The normalized spacial score (nSPS) is 59.8. The molecule has 0 aromatic carbocycles. The molecule has 5 fully saturated rings. The minimum absolute atomic E-state index is 0.0439. The minimum atomic E-state index is -0.100. The third-order valence-electron chi connectivity index (χ3n) is 11.6. The third-order valence-corrected chi connectivity index (χ3v) is 11.6. The van der Waals surface area contributed by atoms with Gasteiger partial charge in [-0.1, -0.05) is 39.3 Å².